The van der Waals surface area contributed by atoms with Crippen molar-refractivity contribution in [2.24, 2.45) is 5.41 Å². The van der Waals surface area contributed by atoms with Gasteiger partial charge in [0, 0.05) is 31.1 Å². The van der Waals surface area contributed by atoms with Gasteiger partial charge in [-0.05, 0) is 49.1 Å². The Morgan fingerprint density at radius 3 is 2.30 bits per heavy atom. The summed E-state index contributed by atoms with van der Waals surface area (Å²) in [6, 6.07) is 5.60. The number of pyridine rings is 1. The Bertz CT molecular complexity index is 926. The minimum Gasteiger partial charge on any atom is -0.383 e. The number of anilines is 2. The number of nitrogens with two attached hydrogens (primary N) is 1. The fourth-order valence-electron chi connectivity index (χ4n) is 3.40. The van der Waals surface area contributed by atoms with Crippen LogP contribution in [0, 0.1) is 12.3 Å². The van der Waals surface area contributed by atoms with E-state index >= 15 is 0 Å². The van der Waals surface area contributed by atoms with Crippen LogP contribution in [0.25, 0.3) is 0 Å². The fraction of sp³-hybridized carbons (Fsp3) is 0.500. The number of hydrogen-bond donors (Lipinski definition) is 2. The summed E-state index contributed by atoms with van der Waals surface area (Å²) in [4.78, 5) is 44.5. The Kier molecular flexibility index (Phi) is 9.40. The average molecular weight is 474 g/mol. The number of aryl methyl sites for hydroxylation is 1. The minimum absolute atomic E-state index is 0.106. The van der Waals surface area contributed by atoms with Crippen molar-refractivity contribution in [2.45, 2.75) is 53.5 Å². The number of carbonyl (C=O) groups excluding carboxylic acids is 3. The zero-order chi connectivity index (χ0) is 24.6. The lowest BCUT2D eigenvalue weighted by molar-refractivity contribution is -0.149. The third-order valence-corrected chi connectivity index (χ3v) is 6.32. The summed E-state index contributed by atoms with van der Waals surface area (Å²) in [6.45, 7) is 10.8. The molecule has 1 atom stereocenters. The number of aromatic nitrogens is 1. The van der Waals surface area contributed by atoms with Gasteiger partial charge >= 0.3 is 11.8 Å². The summed E-state index contributed by atoms with van der Waals surface area (Å²) in [5.74, 6) is -0.772. The van der Waals surface area contributed by atoms with E-state index in [2.05, 4.69) is 10.3 Å². The Morgan fingerprint density at radius 1 is 1.18 bits per heavy atom. The lowest BCUT2D eigenvalue weighted by Crippen LogP contribution is -2.58. The van der Waals surface area contributed by atoms with E-state index in [9.17, 15) is 14.4 Å². The normalized spacial score (nSPS) is 18.2. The van der Waals surface area contributed by atoms with E-state index < -0.39 is 11.8 Å². The van der Waals surface area contributed by atoms with Crippen LogP contribution in [-0.2, 0) is 14.4 Å². The smallest absolute Gasteiger partial charge is 0.313 e. The van der Waals surface area contributed by atoms with Crippen LogP contribution in [0.5, 0.6) is 0 Å². The summed E-state index contributed by atoms with van der Waals surface area (Å²) in [5.41, 5.74) is 6.58. The highest BCUT2D eigenvalue weighted by Gasteiger charge is 2.48. The molecule has 0 aromatic carbocycles. The van der Waals surface area contributed by atoms with E-state index in [1.807, 2.05) is 55.5 Å². The maximum Gasteiger partial charge on any atom is 0.313 e. The molecule has 9 heteroatoms. The van der Waals surface area contributed by atoms with Gasteiger partial charge < -0.3 is 20.9 Å². The molecule has 0 radical (unpaired) electrons. The molecule has 1 saturated carbocycles. The molecule has 2 aromatic rings. The highest BCUT2D eigenvalue weighted by molar-refractivity contribution is 7.07. The van der Waals surface area contributed by atoms with Crippen molar-refractivity contribution < 1.29 is 14.4 Å². The number of piperazine rings is 1. The van der Waals surface area contributed by atoms with Gasteiger partial charge in [-0.3, -0.25) is 14.4 Å². The molecular weight excluding hydrogens is 438 g/mol. The highest BCUT2D eigenvalue weighted by Crippen LogP contribution is 2.47. The van der Waals surface area contributed by atoms with E-state index in [0.717, 1.165) is 18.4 Å². The molecule has 0 spiro atoms. The first kappa shape index (κ1) is 26.3. The van der Waals surface area contributed by atoms with E-state index in [4.69, 9.17) is 5.73 Å². The molecule has 3 N–H and O–H groups in total. The second-order valence-electron chi connectivity index (χ2n) is 8.33. The van der Waals surface area contributed by atoms with Crippen molar-refractivity contribution in [3.05, 3.63) is 40.7 Å². The first-order valence-electron chi connectivity index (χ1n) is 11.3. The average Bonchev–Trinajstić information content (AvgIpc) is 3.28. The predicted octanol–water partition coefficient (Wildman–Crippen LogP) is 3.54. The van der Waals surface area contributed by atoms with Gasteiger partial charge in [-0.2, -0.15) is 11.3 Å². The van der Waals surface area contributed by atoms with Crippen LogP contribution in [0.4, 0.5) is 11.5 Å². The molecule has 2 fully saturated rings. The van der Waals surface area contributed by atoms with E-state index in [1.54, 1.807) is 24.3 Å². The number of carbonyl (C=O) groups is 3. The molecule has 0 bridgehead atoms. The second-order valence-corrected chi connectivity index (χ2v) is 9.15. The number of nitrogen functional groups attached to an aromatic ring is 1. The van der Waals surface area contributed by atoms with Crippen LogP contribution in [0.1, 0.15) is 46.1 Å². The van der Waals surface area contributed by atoms with E-state index in [-0.39, 0.29) is 17.4 Å². The quantitative estimate of drug-likeness (QED) is 0.649. The Hall–Kier alpha value is -2.94. The lowest BCUT2D eigenvalue weighted by Gasteiger charge is -2.40. The Labute approximate surface area is 200 Å². The zero-order valence-electron chi connectivity index (χ0n) is 20.1. The molecule has 1 unspecified atom stereocenters. The summed E-state index contributed by atoms with van der Waals surface area (Å²) in [6.07, 6.45) is 3.27. The lowest BCUT2D eigenvalue weighted by atomic mass is 10.1. The number of nitrogens with one attached hydrogen (secondary N) is 1. The van der Waals surface area contributed by atoms with Gasteiger partial charge in [-0.1, -0.05) is 32.9 Å². The molecule has 3 heterocycles. The third kappa shape index (κ3) is 7.02. The number of amides is 3. The molecule has 2 aliphatic rings. The topological polar surface area (TPSA) is 109 Å². The Morgan fingerprint density at radius 2 is 1.82 bits per heavy atom. The van der Waals surface area contributed by atoms with Crippen LogP contribution >= 0.6 is 11.3 Å². The molecular formula is C24H35N5O3S. The maximum absolute atomic E-state index is 12.5. The summed E-state index contributed by atoms with van der Waals surface area (Å²) >= 11 is 1.71. The number of thiophene rings is 1. The SMILES string of the molecule is CC.Cc1cc(NC(=O)C(=O)N2CCN(C(=O)C3(C)CC3)C(C)C2)cnc1N.c1ccsc1. The van der Waals surface area contributed by atoms with E-state index in [0.29, 0.717) is 31.1 Å². The first-order chi connectivity index (χ1) is 15.7. The largest absolute Gasteiger partial charge is 0.383 e. The molecule has 1 aliphatic carbocycles. The zero-order valence-corrected chi connectivity index (χ0v) is 20.9. The van der Waals surface area contributed by atoms with Crippen LogP contribution in [0.15, 0.2) is 35.2 Å². The van der Waals surface area contributed by atoms with E-state index in [1.165, 1.54) is 11.1 Å². The van der Waals surface area contributed by atoms with Crippen molar-refractivity contribution in [1.29, 1.82) is 0 Å². The monoisotopic (exact) mass is 473 g/mol. The van der Waals surface area contributed by atoms with Crippen molar-refractivity contribution in [3.8, 4) is 0 Å². The number of rotatable bonds is 2. The number of hydrogen-bond acceptors (Lipinski definition) is 6. The molecule has 8 nitrogen and oxygen atoms in total. The van der Waals surface area contributed by atoms with Gasteiger partial charge in [0.15, 0.2) is 0 Å². The Balaban J connectivity index is 0.000000477. The molecule has 1 aliphatic heterocycles. The van der Waals surface area contributed by atoms with Crippen LogP contribution < -0.4 is 11.1 Å². The van der Waals surface area contributed by atoms with Crippen molar-refractivity contribution >= 4 is 40.6 Å². The van der Waals surface area contributed by atoms with Crippen molar-refractivity contribution in [2.75, 3.05) is 30.7 Å². The predicted molar refractivity (Wildman–Crippen MR) is 133 cm³/mol. The first-order valence-corrected chi connectivity index (χ1v) is 12.3. The van der Waals surface area contributed by atoms with Gasteiger partial charge in [0.05, 0.1) is 11.9 Å². The van der Waals surface area contributed by atoms with Gasteiger partial charge in [0.25, 0.3) is 0 Å². The van der Waals surface area contributed by atoms with Gasteiger partial charge in [-0.25, -0.2) is 4.98 Å². The third-order valence-electron chi connectivity index (χ3n) is 5.69. The van der Waals surface area contributed by atoms with Gasteiger partial charge in [0.1, 0.15) is 5.82 Å². The van der Waals surface area contributed by atoms with Crippen molar-refractivity contribution in [1.82, 2.24) is 14.8 Å². The molecule has 4 rings (SSSR count). The standard InChI is InChI=1S/C18H25N5O3.C4H4S.C2H6/c1-11-8-13(9-20-14(11)19)21-15(24)16(25)22-6-7-23(12(2)10-22)17(26)18(3)4-5-18;1-2-4-5-3-1;1-2/h8-9,12H,4-7,10H2,1-3H3,(H2,19,20)(H,21,24);1-4H;1-2H3. The fourth-order valence-corrected chi connectivity index (χ4v) is 3.85. The molecule has 33 heavy (non-hydrogen) atoms. The summed E-state index contributed by atoms with van der Waals surface area (Å²) < 4.78 is 0. The van der Waals surface area contributed by atoms with Crippen molar-refractivity contribution in [3.63, 3.8) is 0 Å². The molecule has 1 saturated heterocycles. The van der Waals surface area contributed by atoms with Gasteiger partial charge in [-0.15, -0.1) is 0 Å². The second kappa shape index (κ2) is 11.8. The summed E-state index contributed by atoms with van der Waals surface area (Å²) in [5, 5.41) is 6.64. The maximum atomic E-state index is 12.5. The highest BCUT2D eigenvalue weighted by atomic mass is 32.1. The summed E-state index contributed by atoms with van der Waals surface area (Å²) in [7, 11) is 0. The van der Waals surface area contributed by atoms with Crippen LogP contribution in [-0.4, -0.2) is 58.2 Å². The molecule has 2 aromatic heterocycles. The van der Waals surface area contributed by atoms with Crippen LogP contribution in [0.2, 0.25) is 0 Å². The molecule has 180 valence electrons. The number of nitrogens with zero attached hydrogens (tertiary/aromatic N) is 3. The van der Waals surface area contributed by atoms with Gasteiger partial charge in [0.2, 0.25) is 5.91 Å². The molecule has 3 amide bonds. The minimum atomic E-state index is -0.711. The van der Waals surface area contributed by atoms with Crippen LogP contribution in [0.3, 0.4) is 0 Å².